The van der Waals surface area contributed by atoms with Gasteiger partial charge < -0.3 is 14.4 Å². The molecule has 5 heteroatoms. The van der Waals surface area contributed by atoms with Crippen LogP contribution in [0.15, 0.2) is 18.2 Å². The summed E-state index contributed by atoms with van der Waals surface area (Å²) in [4.78, 5) is 15.1. The van der Waals surface area contributed by atoms with E-state index in [-0.39, 0.29) is 16.7 Å². The van der Waals surface area contributed by atoms with Crippen molar-refractivity contribution in [1.82, 2.24) is 4.90 Å². The third kappa shape index (κ3) is 1.65. The Balaban J connectivity index is 1.75. The summed E-state index contributed by atoms with van der Waals surface area (Å²) in [5, 5.41) is 10.1. The maximum atomic E-state index is 13.3. The van der Waals surface area contributed by atoms with Crippen molar-refractivity contribution in [1.29, 1.82) is 5.26 Å². The summed E-state index contributed by atoms with van der Waals surface area (Å²) in [7, 11) is 3.13. The molecule has 4 rings (SSSR count). The molecule has 132 valence electrons. The zero-order chi connectivity index (χ0) is 18.0. The molecule has 0 spiro atoms. The Labute approximate surface area is 148 Å². The van der Waals surface area contributed by atoms with Gasteiger partial charge in [-0.15, -0.1) is 0 Å². The minimum absolute atomic E-state index is 0.0367. The van der Waals surface area contributed by atoms with Crippen LogP contribution in [0, 0.1) is 28.1 Å². The Bertz CT molecular complexity index is 801. The monoisotopic (exact) mass is 340 g/mol. The molecule has 3 fully saturated rings. The first-order chi connectivity index (χ1) is 11.9. The molecule has 1 aromatic rings. The molecule has 0 aromatic heterocycles. The summed E-state index contributed by atoms with van der Waals surface area (Å²) in [6.07, 6.45) is 3.00. The van der Waals surface area contributed by atoms with Gasteiger partial charge in [0.2, 0.25) is 0 Å². The molecule has 0 radical (unpaired) electrons. The first kappa shape index (κ1) is 16.3. The number of methoxy groups -OCH3 is 2. The van der Waals surface area contributed by atoms with E-state index in [0.717, 1.165) is 12.8 Å². The van der Waals surface area contributed by atoms with E-state index in [1.54, 1.807) is 32.4 Å². The summed E-state index contributed by atoms with van der Waals surface area (Å²) in [5.74, 6) is 1.59. The molecule has 1 heterocycles. The minimum atomic E-state index is -0.686. The maximum Gasteiger partial charge on any atom is 0.255 e. The van der Waals surface area contributed by atoms with Gasteiger partial charge in [0, 0.05) is 17.5 Å². The number of nitriles is 1. The molecular formula is C20H24N2O3. The zero-order valence-electron chi connectivity index (χ0n) is 15.3. The van der Waals surface area contributed by atoms with Gasteiger partial charge in [0.1, 0.15) is 5.54 Å². The smallest absolute Gasteiger partial charge is 0.255 e. The van der Waals surface area contributed by atoms with E-state index in [0.29, 0.717) is 29.5 Å². The van der Waals surface area contributed by atoms with Crippen molar-refractivity contribution in [3.8, 4) is 17.6 Å². The van der Waals surface area contributed by atoms with Crippen LogP contribution in [0.5, 0.6) is 11.5 Å². The number of hydrogen-bond acceptors (Lipinski definition) is 4. The lowest BCUT2D eigenvalue weighted by Gasteiger charge is -2.43. The summed E-state index contributed by atoms with van der Waals surface area (Å²) < 4.78 is 10.6. The standard InChI is InChI=1S/C20H24N2O3/c1-18-12-22(20(11-21)10-14(18)7-8-19(18,20)2)17(23)13-5-6-15(24-3)16(9-13)25-4/h5-6,9,14H,7-8,10,12H2,1-4H3/t14-,18+,19+,20+/m1/s1. The van der Waals surface area contributed by atoms with Gasteiger partial charge in [0.15, 0.2) is 11.5 Å². The van der Waals surface area contributed by atoms with Crippen LogP contribution in [0.1, 0.15) is 43.5 Å². The first-order valence-electron chi connectivity index (χ1n) is 8.82. The molecule has 0 N–H and O–H groups in total. The number of ether oxygens (including phenoxy) is 2. The largest absolute Gasteiger partial charge is 0.493 e. The molecule has 2 saturated carbocycles. The fourth-order valence-corrected chi connectivity index (χ4v) is 5.88. The molecule has 1 aromatic carbocycles. The first-order valence-corrected chi connectivity index (χ1v) is 8.82. The number of likely N-dealkylation sites (tertiary alicyclic amines) is 1. The molecule has 5 nitrogen and oxygen atoms in total. The Morgan fingerprint density at radius 3 is 2.60 bits per heavy atom. The van der Waals surface area contributed by atoms with E-state index >= 15 is 0 Å². The molecule has 4 atom stereocenters. The second-order valence-corrected chi connectivity index (χ2v) is 8.12. The van der Waals surface area contributed by atoms with Crippen LogP contribution in [-0.2, 0) is 0 Å². The Hall–Kier alpha value is -2.22. The number of nitrogens with zero attached hydrogens (tertiary/aromatic N) is 2. The van der Waals surface area contributed by atoms with Crippen LogP contribution in [0.4, 0.5) is 0 Å². The fraction of sp³-hybridized carbons (Fsp3) is 0.600. The lowest BCUT2D eigenvalue weighted by molar-refractivity contribution is 0.0429. The lowest BCUT2D eigenvalue weighted by atomic mass is 9.66. The summed E-state index contributed by atoms with van der Waals surface area (Å²) in [5.41, 5.74) is -0.224. The average Bonchev–Trinajstić information content (AvgIpc) is 3.08. The lowest BCUT2D eigenvalue weighted by Crippen LogP contribution is -2.54. The van der Waals surface area contributed by atoms with Gasteiger partial charge in [0.05, 0.1) is 20.3 Å². The highest BCUT2D eigenvalue weighted by molar-refractivity contribution is 5.96. The van der Waals surface area contributed by atoms with Crippen molar-refractivity contribution in [2.75, 3.05) is 20.8 Å². The van der Waals surface area contributed by atoms with Gasteiger partial charge in [-0.3, -0.25) is 4.79 Å². The van der Waals surface area contributed by atoms with Crippen LogP contribution in [-0.4, -0.2) is 37.1 Å². The fourth-order valence-electron chi connectivity index (χ4n) is 5.88. The average molecular weight is 340 g/mol. The van der Waals surface area contributed by atoms with Crippen LogP contribution in [0.25, 0.3) is 0 Å². The van der Waals surface area contributed by atoms with Crippen LogP contribution in [0.3, 0.4) is 0 Å². The third-order valence-electron chi connectivity index (χ3n) is 7.62. The number of amides is 1. The molecule has 2 aliphatic carbocycles. The van der Waals surface area contributed by atoms with E-state index in [2.05, 4.69) is 19.9 Å². The second-order valence-electron chi connectivity index (χ2n) is 8.12. The van der Waals surface area contributed by atoms with Gasteiger partial charge in [-0.05, 0) is 48.8 Å². The molecule has 1 aliphatic heterocycles. The molecule has 25 heavy (non-hydrogen) atoms. The van der Waals surface area contributed by atoms with Crippen molar-refractivity contribution in [3.05, 3.63) is 23.8 Å². The minimum Gasteiger partial charge on any atom is -0.493 e. The highest BCUT2D eigenvalue weighted by atomic mass is 16.5. The summed E-state index contributed by atoms with van der Waals surface area (Å²) in [6.45, 7) is 5.14. The van der Waals surface area contributed by atoms with Crippen LogP contribution in [0.2, 0.25) is 0 Å². The van der Waals surface area contributed by atoms with E-state index in [1.807, 2.05) is 4.90 Å². The topological polar surface area (TPSA) is 62.6 Å². The number of piperidine rings is 1. The van der Waals surface area contributed by atoms with Crippen molar-refractivity contribution >= 4 is 5.91 Å². The van der Waals surface area contributed by atoms with Crippen molar-refractivity contribution in [2.24, 2.45) is 16.7 Å². The van der Waals surface area contributed by atoms with Gasteiger partial charge in [-0.1, -0.05) is 13.8 Å². The summed E-state index contributed by atoms with van der Waals surface area (Å²) in [6, 6.07) is 7.78. The molecular weight excluding hydrogens is 316 g/mol. The van der Waals surface area contributed by atoms with E-state index in [9.17, 15) is 10.1 Å². The number of carbonyl (C=O) groups excluding carboxylic acids is 1. The quantitative estimate of drug-likeness (QED) is 0.847. The van der Waals surface area contributed by atoms with E-state index < -0.39 is 5.54 Å². The van der Waals surface area contributed by atoms with E-state index in [4.69, 9.17) is 9.47 Å². The van der Waals surface area contributed by atoms with Crippen molar-refractivity contribution < 1.29 is 14.3 Å². The van der Waals surface area contributed by atoms with E-state index in [1.165, 1.54) is 6.42 Å². The molecule has 3 aliphatic rings. The van der Waals surface area contributed by atoms with Gasteiger partial charge in [0.25, 0.3) is 5.91 Å². The number of hydrogen-bond donors (Lipinski definition) is 0. The van der Waals surface area contributed by atoms with Crippen LogP contribution < -0.4 is 9.47 Å². The van der Waals surface area contributed by atoms with Gasteiger partial charge in [-0.25, -0.2) is 0 Å². The maximum absolute atomic E-state index is 13.3. The van der Waals surface area contributed by atoms with Crippen molar-refractivity contribution in [2.45, 2.75) is 38.6 Å². The molecule has 0 unspecified atom stereocenters. The van der Waals surface area contributed by atoms with Gasteiger partial charge in [-0.2, -0.15) is 5.26 Å². The zero-order valence-corrected chi connectivity index (χ0v) is 15.3. The highest BCUT2D eigenvalue weighted by Crippen LogP contribution is 2.75. The predicted octanol–water partition coefficient (Wildman–Crippen LogP) is 3.25. The SMILES string of the molecule is COc1ccc(C(=O)N2C[C@@]3(C)[C@@H]4CC[C@]3(C)[C@@]2(C#N)C4)cc1OC. The number of benzene rings is 1. The van der Waals surface area contributed by atoms with Gasteiger partial charge >= 0.3 is 0 Å². The second kappa shape index (κ2) is 4.91. The number of carbonyl (C=O) groups is 1. The number of rotatable bonds is 3. The Morgan fingerprint density at radius 1 is 1.28 bits per heavy atom. The molecule has 4 bridgehead atoms. The normalized spacial score (nSPS) is 37.9. The molecule has 1 amide bonds. The van der Waals surface area contributed by atoms with Crippen molar-refractivity contribution in [3.63, 3.8) is 0 Å². The summed E-state index contributed by atoms with van der Waals surface area (Å²) >= 11 is 0. The highest BCUT2D eigenvalue weighted by Gasteiger charge is 2.78. The third-order valence-corrected chi connectivity index (χ3v) is 7.62. The van der Waals surface area contributed by atoms with Crippen LogP contribution >= 0.6 is 0 Å². The Morgan fingerprint density at radius 2 is 2.00 bits per heavy atom. The molecule has 1 saturated heterocycles. The predicted molar refractivity (Wildman–Crippen MR) is 92.5 cm³/mol. The Kier molecular flexibility index (Phi) is 3.19.